The highest BCUT2D eigenvalue weighted by Gasteiger charge is 2.38. The third-order valence-electron chi connectivity index (χ3n) is 6.15. The van der Waals surface area contributed by atoms with Gasteiger partial charge in [-0.05, 0) is 50.8 Å². The number of thioether (sulfide) groups is 1. The van der Waals surface area contributed by atoms with Crippen LogP contribution >= 0.6 is 11.8 Å². The van der Waals surface area contributed by atoms with Gasteiger partial charge in [0, 0.05) is 24.0 Å². The van der Waals surface area contributed by atoms with Crippen molar-refractivity contribution in [2.45, 2.75) is 64.5 Å². The molecule has 2 amide bonds. The average Bonchev–Trinajstić information content (AvgIpc) is 2.79. The van der Waals surface area contributed by atoms with Crippen molar-refractivity contribution in [3.05, 3.63) is 41.1 Å². The first kappa shape index (κ1) is 22.7. The smallest absolute Gasteiger partial charge is 0.338 e. The fraction of sp³-hybridized carbons (Fsp3) is 0.542. The quantitative estimate of drug-likeness (QED) is 0.620. The van der Waals surface area contributed by atoms with E-state index >= 15 is 0 Å². The number of ether oxygens (including phenoxy) is 1. The molecule has 1 atom stereocenters. The zero-order valence-corrected chi connectivity index (χ0v) is 19.7. The van der Waals surface area contributed by atoms with E-state index in [4.69, 9.17) is 9.73 Å². The third kappa shape index (κ3) is 5.11. The van der Waals surface area contributed by atoms with Crippen molar-refractivity contribution < 1.29 is 14.3 Å². The van der Waals surface area contributed by atoms with Crippen LogP contribution in [0.25, 0.3) is 0 Å². The summed E-state index contributed by atoms with van der Waals surface area (Å²) >= 11 is 1.72. The highest BCUT2D eigenvalue weighted by Crippen LogP contribution is 2.40. The number of nitrogens with one attached hydrogen (secondary N) is 2. The number of rotatable bonds is 5. The monoisotopic (exact) mass is 456 g/mol. The molecule has 4 rings (SSSR count). The van der Waals surface area contributed by atoms with Gasteiger partial charge in [-0.1, -0.05) is 43.2 Å². The van der Waals surface area contributed by atoms with Gasteiger partial charge in [-0.15, -0.1) is 0 Å². The van der Waals surface area contributed by atoms with Gasteiger partial charge in [0.25, 0.3) is 0 Å². The molecule has 1 saturated carbocycles. The summed E-state index contributed by atoms with van der Waals surface area (Å²) in [6, 6.07) is 7.56. The lowest BCUT2D eigenvalue weighted by Gasteiger charge is -2.40. The number of benzene rings is 1. The van der Waals surface area contributed by atoms with E-state index in [1.165, 1.54) is 19.3 Å². The maximum atomic E-state index is 12.9. The largest absolute Gasteiger partial charge is 0.463 e. The summed E-state index contributed by atoms with van der Waals surface area (Å²) in [5.41, 5.74) is 2.92. The van der Waals surface area contributed by atoms with Gasteiger partial charge in [0.2, 0.25) is 0 Å². The van der Waals surface area contributed by atoms with Crippen molar-refractivity contribution in [2.75, 3.05) is 24.2 Å². The summed E-state index contributed by atoms with van der Waals surface area (Å²) in [6.45, 7) is 4.83. The van der Waals surface area contributed by atoms with Crippen molar-refractivity contribution in [2.24, 2.45) is 4.99 Å². The SMILES string of the molecule is CCOC(=O)C1=C(C)N=C2SCCCN2[C@@H]1c1cccc(NC(=O)NC2CCCCC2)c1. The first-order valence-corrected chi connectivity index (χ1v) is 12.6. The normalized spacial score (nSPS) is 21.5. The van der Waals surface area contributed by atoms with Crippen LogP contribution in [0, 0.1) is 0 Å². The number of amidine groups is 1. The molecule has 2 aliphatic heterocycles. The predicted molar refractivity (Wildman–Crippen MR) is 129 cm³/mol. The number of hydrogen-bond donors (Lipinski definition) is 2. The number of amides is 2. The molecule has 1 aliphatic carbocycles. The van der Waals surface area contributed by atoms with Gasteiger partial charge >= 0.3 is 12.0 Å². The van der Waals surface area contributed by atoms with E-state index < -0.39 is 0 Å². The minimum absolute atomic E-state index is 0.175. The fourth-order valence-electron chi connectivity index (χ4n) is 4.67. The zero-order chi connectivity index (χ0) is 22.5. The second-order valence-corrected chi connectivity index (χ2v) is 9.53. The molecule has 2 heterocycles. The minimum Gasteiger partial charge on any atom is -0.463 e. The molecule has 3 aliphatic rings. The molecule has 0 aromatic heterocycles. The van der Waals surface area contributed by atoms with Crippen LogP contribution in [0.2, 0.25) is 0 Å². The van der Waals surface area contributed by atoms with E-state index in [-0.39, 0.29) is 24.1 Å². The Morgan fingerprint density at radius 1 is 1.22 bits per heavy atom. The molecule has 1 aromatic rings. The Hall–Kier alpha value is -2.48. The summed E-state index contributed by atoms with van der Waals surface area (Å²) in [5.74, 6) is 0.689. The molecule has 0 radical (unpaired) electrons. The molecule has 7 nitrogen and oxygen atoms in total. The van der Waals surface area contributed by atoms with Gasteiger partial charge in [0.1, 0.15) is 0 Å². The van der Waals surface area contributed by atoms with Crippen LogP contribution < -0.4 is 10.6 Å². The molecular formula is C24H32N4O3S. The van der Waals surface area contributed by atoms with Gasteiger partial charge in [-0.25, -0.2) is 14.6 Å². The molecule has 8 heteroatoms. The lowest BCUT2D eigenvalue weighted by atomic mass is 9.94. The summed E-state index contributed by atoms with van der Waals surface area (Å²) in [7, 11) is 0. The van der Waals surface area contributed by atoms with E-state index in [2.05, 4.69) is 15.5 Å². The molecule has 2 N–H and O–H groups in total. The van der Waals surface area contributed by atoms with Crippen molar-refractivity contribution >= 4 is 34.6 Å². The van der Waals surface area contributed by atoms with Crippen LogP contribution in [0.5, 0.6) is 0 Å². The van der Waals surface area contributed by atoms with E-state index in [0.717, 1.165) is 42.3 Å². The summed E-state index contributed by atoms with van der Waals surface area (Å²) in [4.78, 5) is 32.4. The molecule has 0 spiro atoms. The van der Waals surface area contributed by atoms with E-state index in [1.54, 1.807) is 11.8 Å². The van der Waals surface area contributed by atoms with Crippen molar-refractivity contribution in [1.29, 1.82) is 0 Å². The van der Waals surface area contributed by atoms with Crippen LogP contribution in [0.1, 0.15) is 64.0 Å². The number of esters is 1. The van der Waals surface area contributed by atoms with Crippen LogP contribution in [0.3, 0.4) is 0 Å². The topological polar surface area (TPSA) is 83.0 Å². The number of nitrogens with zero attached hydrogens (tertiary/aromatic N) is 2. The maximum absolute atomic E-state index is 12.9. The van der Waals surface area contributed by atoms with Gasteiger partial charge in [0.15, 0.2) is 5.17 Å². The zero-order valence-electron chi connectivity index (χ0n) is 18.9. The van der Waals surface area contributed by atoms with Crippen molar-refractivity contribution in [3.8, 4) is 0 Å². The first-order chi connectivity index (χ1) is 15.6. The lowest BCUT2D eigenvalue weighted by molar-refractivity contribution is -0.139. The Bertz CT molecular complexity index is 924. The van der Waals surface area contributed by atoms with Gasteiger partial charge < -0.3 is 20.3 Å². The Morgan fingerprint density at radius 3 is 2.81 bits per heavy atom. The van der Waals surface area contributed by atoms with Gasteiger partial charge in [-0.3, -0.25) is 0 Å². The third-order valence-corrected chi connectivity index (χ3v) is 7.23. The summed E-state index contributed by atoms with van der Waals surface area (Å²) in [5, 5.41) is 7.03. The lowest BCUT2D eigenvalue weighted by Crippen LogP contribution is -2.42. The Balaban J connectivity index is 1.58. The number of hydrogen-bond acceptors (Lipinski definition) is 6. The number of fused-ring (bicyclic) bond motifs is 1. The Labute approximate surface area is 194 Å². The molecule has 0 bridgehead atoms. The van der Waals surface area contributed by atoms with E-state index in [9.17, 15) is 9.59 Å². The first-order valence-electron chi connectivity index (χ1n) is 11.6. The standard InChI is InChI=1S/C24H32N4O3S/c1-3-31-22(29)20-16(2)25-24-28(13-8-14-32-24)21(20)17-9-7-12-19(15-17)27-23(30)26-18-10-5-4-6-11-18/h7,9,12,15,18,21H,3-6,8,10-11,13-14H2,1-2H3,(H2,26,27,30)/t21-/m1/s1. The second-order valence-electron chi connectivity index (χ2n) is 8.47. The molecule has 172 valence electrons. The van der Waals surface area contributed by atoms with Crippen LogP contribution in [0.15, 0.2) is 40.5 Å². The number of anilines is 1. The maximum Gasteiger partial charge on any atom is 0.338 e. The van der Waals surface area contributed by atoms with Crippen LogP contribution in [-0.2, 0) is 9.53 Å². The van der Waals surface area contributed by atoms with E-state index in [1.807, 2.05) is 38.1 Å². The highest BCUT2D eigenvalue weighted by atomic mass is 32.2. The fourth-order valence-corrected chi connectivity index (χ4v) is 5.69. The average molecular weight is 457 g/mol. The summed E-state index contributed by atoms with van der Waals surface area (Å²) in [6.07, 6.45) is 6.69. The number of carbonyl (C=O) groups is 2. The number of carbonyl (C=O) groups excluding carboxylic acids is 2. The van der Waals surface area contributed by atoms with E-state index in [0.29, 0.717) is 23.6 Å². The summed E-state index contributed by atoms with van der Waals surface area (Å²) < 4.78 is 5.38. The number of aliphatic imine (C=N–C) groups is 1. The second kappa shape index (κ2) is 10.4. The Morgan fingerprint density at radius 2 is 2.03 bits per heavy atom. The van der Waals surface area contributed by atoms with Crippen LogP contribution in [0.4, 0.5) is 10.5 Å². The molecule has 2 fully saturated rings. The molecule has 1 aromatic carbocycles. The van der Waals surface area contributed by atoms with Gasteiger partial charge in [0.05, 0.1) is 23.9 Å². The molecule has 1 saturated heterocycles. The predicted octanol–water partition coefficient (Wildman–Crippen LogP) is 4.83. The van der Waals surface area contributed by atoms with Crippen LogP contribution in [-0.4, -0.2) is 47.0 Å². The number of allylic oxidation sites excluding steroid dienone is 1. The Kier molecular flexibility index (Phi) is 7.40. The molecule has 32 heavy (non-hydrogen) atoms. The molecule has 0 unspecified atom stereocenters. The van der Waals surface area contributed by atoms with Crippen molar-refractivity contribution in [3.63, 3.8) is 0 Å². The number of urea groups is 1. The van der Waals surface area contributed by atoms with Crippen molar-refractivity contribution in [1.82, 2.24) is 10.2 Å². The minimum atomic E-state index is -0.332. The highest BCUT2D eigenvalue weighted by molar-refractivity contribution is 8.13. The van der Waals surface area contributed by atoms with Gasteiger partial charge in [-0.2, -0.15) is 0 Å². The molecular weight excluding hydrogens is 424 g/mol.